The van der Waals surface area contributed by atoms with Gasteiger partial charge in [-0.05, 0) is 24.7 Å². The summed E-state index contributed by atoms with van der Waals surface area (Å²) in [7, 11) is 0. The zero-order chi connectivity index (χ0) is 12.2. The van der Waals surface area contributed by atoms with Crippen molar-refractivity contribution in [3.8, 4) is 0 Å². The van der Waals surface area contributed by atoms with Crippen molar-refractivity contribution in [2.45, 2.75) is 63.5 Å². The Morgan fingerprint density at radius 1 is 1.25 bits per heavy atom. The van der Waals surface area contributed by atoms with Crippen LogP contribution in [-0.4, -0.2) is 28.0 Å². The standard InChI is InChI=1S/C13H27NS2/c1-5-11-12(16-9-8-15-11)10(14)6-7-13(2,3)4/h10-12H,5-9,14H2,1-4H3. The fourth-order valence-electron chi connectivity index (χ4n) is 2.10. The van der Waals surface area contributed by atoms with E-state index in [1.807, 2.05) is 0 Å². The van der Waals surface area contributed by atoms with E-state index in [0.717, 1.165) is 5.25 Å². The average molecular weight is 262 g/mol. The third-order valence-corrected chi connectivity index (χ3v) is 6.57. The molecular formula is C13H27NS2. The van der Waals surface area contributed by atoms with Gasteiger partial charge in [0, 0.05) is 28.0 Å². The van der Waals surface area contributed by atoms with Gasteiger partial charge in [0.05, 0.1) is 0 Å². The molecule has 0 radical (unpaired) electrons. The minimum Gasteiger partial charge on any atom is -0.327 e. The van der Waals surface area contributed by atoms with Crippen LogP contribution in [0.4, 0.5) is 0 Å². The van der Waals surface area contributed by atoms with E-state index in [1.165, 1.54) is 30.8 Å². The average Bonchev–Trinajstić information content (AvgIpc) is 2.25. The van der Waals surface area contributed by atoms with E-state index in [4.69, 9.17) is 5.73 Å². The van der Waals surface area contributed by atoms with Crippen LogP contribution in [-0.2, 0) is 0 Å². The highest BCUT2D eigenvalue weighted by atomic mass is 32.2. The second-order valence-corrected chi connectivity index (χ2v) is 8.55. The molecule has 96 valence electrons. The second-order valence-electron chi connectivity index (χ2n) is 5.92. The Morgan fingerprint density at radius 3 is 2.44 bits per heavy atom. The zero-order valence-electron chi connectivity index (χ0n) is 11.2. The molecular weight excluding hydrogens is 234 g/mol. The number of hydrogen-bond donors (Lipinski definition) is 1. The third-order valence-electron chi connectivity index (χ3n) is 3.14. The molecule has 1 heterocycles. The lowest BCUT2D eigenvalue weighted by Gasteiger charge is -2.35. The molecule has 0 aromatic heterocycles. The highest BCUT2D eigenvalue weighted by Gasteiger charge is 2.30. The summed E-state index contributed by atoms with van der Waals surface area (Å²) in [5.74, 6) is 2.60. The van der Waals surface area contributed by atoms with Crippen molar-refractivity contribution in [1.29, 1.82) is 0 Å². The Kier molecular flexibility index (Phi) is 6.03. The number of thioether (sulfide) groups is 2. The first kappa shape index (κ1) is 14.7. The van der Waals surface area contributed by atoms with Gasteiger partial charge >= 0.3 is 0 Å². The summed E-state index contributed by atoms with van der Waals surface area (Å²) in [5, 5.41) is 1.47. The van der Waals surface area contributed by atoms with E-state index >= 15 is 0 Å². The van der Waals surface area contributed by atoms with Gasteiger partial charge < -0.3 is 5.73 Å². The van der Waals surface area contributed by atoms with Crippen molar-refractivity contribution in [2.24, 2.45) is 11.1 Å². The molecule has 1 rings (SSSR count). The quantitative estimate of drug-likeness (QED) is 0.834. The Labute approximate surface area is 110 Å². The highest BCUT2D eigenvalue weighted by Crippen LogP contribution is 2.36. The van der Waals surface area contributed by atoms with Crippen LogP contribution < -0.4 is 5.73 Å². The Balaban J connectivity index is 2.41. The molecule has 1 fully saturated rings. The molecule has 16 heavy (non-hydrogen) atoms. The van der Waals surface area contributed by atoms with Crippen LogP contribution in [0.5, 0.6) is 0 Å². The molecule has 1 aliphatic heterocycles. The number of rotatable bonds is 4. The smallest absolute Gasteiger partial charge is 0.0317 e. The summed E-state index contributed by atoms with van der Waals surface area (Å²) in [4.78, 5) is 0. The molecule has 0 saturated carbocycles. The third kappa shape index (κ3) is 4.89. The van der Waals surface area contributed by atoms with E-state index < -0.39 is 0 Å². The van der Waals surface area contributed by atoms with E-state index in [2.05, 4.69) is 51.2 Å². The van der Waals surface area contributed by atoms with E-state index in [0.29, 0.717) is 16.7 Å². The molecule has 0 spiro atoms. The molecule has 0 aromatic rings. The Hall–Kier alpha value is 0.660. The lowest BCUT2D eigenvalue weighted by atomic mass is 9.88. The molecule has 3 atom stereocenters. The van der Waals surface area contributed by atoms with E-state index in [9.17, 15) is 0 Å². The molecule has 1 aliphatic rings. The van der Waals surface area contributed by atoms with Crippen molar-refractivity contribution < 1.29 is 0 Å². The number of nitrogens with two attached hydrogens (primary N) is 1. The maximum Gasteiger partial charge on any atom is 0.0317 e. The van der Waals surface area contributed by atoms with Gasteiger partial charge in [0.2, 0.25) is 0 Å². The Morgan fingerprint density at radius 2 is 1.88 bits per heavy atom. The van der Waals surface area contributed by atoms with E-state index in [1.54, 1.807) is 0 Å². The van der Waals surface area contributed by atoms with Crippen molar-refractivity contribution >= 4 is 23.5 Å². The predicted molar refractivity (Wildman–Crippen MR) is 79.4 cm³/mol. The van der Waals surface area contributed by atoms with Crippen LogP contribution in [0.25, 0.3) is 0 Å². The van der Waals surface area contributed by atoms with Crippen LogP contribution in [0.1, 0.15) is 47.0 Å². The second kappa shape index (κ2) is 6.55. The zero-order valence-corrected chi connectivity index (χ0v) is 12.8. The summed E-state index contributed by atoms with van der Waals surface area (Å²) in [6, 6.07) is 0.391. The maximum atomic E-state index is 6.39. The van der Waals surface area contributed by atoms with Crippen LogP contribution in [0.15, 0.2) is 0 Å². The number of hydrogen-bond acceptors (Lipinski definition) is 3. The van der Waals surface area contributed by atoms with Crippen LogP contribution in [0.3, 0.4) is 0 Å². The first-order chi connectivity index (χ1) is 7.44. The molecule has 1 saturated heterocycles. The maximum absolute atomic E-state index is 6.39. The van der Waals surface area contributed by atoms with Gasteiger partial charge in [-0.2, -0.15) is 23.5 Å². The Bertz CT molecular complexity index is 201. The topological polar surface area (TPSA) is 26.0 Å². The van der Waals surface area contributed by atoms with Gasteiger partial charge in [-0.25, -0.2) is 0 Å². The highest BCUT2D eigenvalue weighted by molar-refractivity contribution is 8.07. The molecule has 0 aliphatic carbocycles. The van der Waals surface area contributed by atoms with E-state index in [-0.39, 0.29) is 0 Å². The van der Waals surface area contributed by atoms with Gasteiger partial charge in [-0.15, -0.1) is 0 Å². The van der Waals surface area contributed by atoms with Crippen molar-refractivity contribution in [3.05, 3.63) is 0 Å². The van der Waals surface area contributed by atoms with Gasteiger partial charge in [0.15, 0.2) is 0 Å². The SMILES string of the molecule is CCC1SCCSC1C(N)CCC(C)(C)C. The lowest BCUT2D eigenvalue weighted by Crippen LogP contribution is -2.42. The minimum atomic E-state index is 0.391. The lowest BCUT2D eigenvalue weighted by molar-refractivity contribution is 0.344. The molecule has 3 unspecified atom stereocenters. The van der Waals surface area contributed by atoms with Gasteiger partial charge in [0.25, 0.3) is 0 Å². The summed E-state index contributed by atoms with van der Waals surface area (Å²) in [6.07, 6.45) is 3.69. The summed E-state index contributed by atoms with van der Waals surface area (Å²) < 4.78 is 0. The van der Waals surface area contributed by atoms with Crippen molar-refractivity contribution in [3.63, 3.8) is 0 Å². The molecule has 0 amide bonds. The predicted octanol–water partition coefficient (Wildman–Crippen LogP) is 3.77. The fourth-order valence-corrected chi connectivity index (χ4v) is 5.33. The summed E-state index contributed by atoms with van der Waals surface area (Å²) in [5.41, 5.74) is 6.81. The fraction of sp³-hybridized carbons (Fsp3) is 1.00. The molecule has 1 nitrogen and oxygen atoms in total. The molecule has 2 N–H and O–H groups in total. The van der Waals surface area contributed by atoms with Gasteiger partial charge in [0.1, 0.15) is 0 Å². The summed E-state index contributed by atoms with van der Waals surface area (Å²) >= 11 is 4.24. The first-order valence-electron chi connectivity index (χ1n) is 6.43. The molecule has 0 bridgehead atoms. The van der Waals surface area contributed by atoms with Crippen LogP contribution in [0.2, 0.25) is 0 Å². The largest absolute Gasteiger partial charge is 0.327 e. The van der Waals surface area contributed by atoms with Gasteiger partial charge in [-0.1, -0.05) is 27.7 Å². The van der Waals surface area contributed by atoms with Crippen molar-refractivity contribution in [1.82, 2.24) is 0 Å². The van der Waals surface area contributed by atoms with Gasteiger partial charge in [-0.3, -0.25) is 0 Å². The summed E-state index contributed by atoms with van der Waals surface area (Å²) in [6.45, 7) is 9.21. The van der Waals surface area contributed by atoms with Crippen LogP contribution in [0, 0.1) is 5.41 Å². The molecule has 0 aromatic carbocycles. The molecule has 3 heteroatoms. The minimum absolute atomic E-state index is 0.391. The van der Waals surface area contributed by atoms with Crippen molar-refractivity contribution in [2.75, 3.05) is 11.5 Å². The monoisotopic (exact) mass is 261 g/mol. The normalized spacial score (nSPS) is 29.1. The van der Waals surface area contributed by atoms with Crippen LogP contribution >= 0.6 is 23.5 Å². The first-order valence-corrected chi connectivity index (χ1v) is 8.52.